The second-order valence-corrected chi connectivity index (χ2v) is 3.83. The molecule has 2 aromatic rings. The van der Waals surface area contributed by atoms with Crippen LogP contribution in [0.15, 0.2) is 23.3 Å². The maximum atomic E-state index is 11.5. The average molecular weight is 262 g/mol. The highest BCUT2D eigenvalue weighted by molar-refractivity contribution is 5.29. The molecule has 0 atom stereocenters. The van der Waals surface area contributed by atoms with Gasteiger partial charge in [0, 0.05) is 11.8 Å². The zero-order chi connectivity index (χ0) is 14.0. The fraction of sp³-hybridized carbons (Fsp3) is 0.200. The minimum atomic E-state index is -0.631. The molecular weight excluding hydrogens is 252 g/mol. The van der Waals surface area contributed by atoms with Gasteiger partial charge >= 0.3 is 11.4 Å². The van der Waals surface area contributed by atoms with Gasteiger partial charge in [-0.2, -0.15) is 4.98 Å². The van der Waals surface area contributed by atoms with Crippen molar-refractivity contribution in [3.63, 3.8) is 0 Å². The third kappa shape index (κ3) is 2.89. The first-order valence-electron chi connectivity index (χ1n) is 5.26. The van der Waals surface area contributed by atoms with Crippen molar-refractivity contribution in [1.82, 2.24) is 19.5 Å². The average Bonchev–Trinajstić information content (AvgIpc) is 2.30. The van der Waals surface area contributed by atoms with Gasteiger partial charge in [-0.3, -0.25) is 14.7 Å². The minimum absolute atomic E-state index is 0.0284. The topological polar surface area (TPSA) is 130 Å². The second-order valence-electron chi connectivity index (χ2n) is 3.83. The van der Waals surface area contributed by atoms with Crippen molar-refractivity contribution in [2.75, 3.05) is 5.73 Å². The Balaban J connectivity index is 2.40. The molecular formula is C10H10N6O3. The molecule has 2 heterocycles. The summed E-state index contributed by atoms with van der Waals surface area (Å²) in [7, 11) is 0. The lowest BCUT2D eigenvalue weighted by molar-refractivity contribution is -0.385. The predicted molar refractivity (Wildman–Crippen MR) is 65.4 cm³/mol. The maximum absolute atomic E-state index is 11.5. The lowest BCUT2D eigenvalue weighted by atomic mass is 10.4. The number of nitro groups is 1. The molecule has 0 amide bonds. The van der Waals surface area contributed by atoms with Gasteiger partial charge in [-0.15, -0.1) is 0 Å². The van der Waals surface area contributed by atoms with E-state index < -0.39 is 10.6 Å². The molecule has 2 aromatic heterocycles. The summed E-state index contributed by atoms with van der Waals surface area (Å²) >= 11 is 0. The SMILES string of the molecule is Cc1cc(N)nc(Cn2cc([N+](=O)[O-])cnc2=O)n1. The third-order valence-corrected chi connectivity index (χ3v) is 2.28. The van der Waals surface area contributed by atoms with E-state index in [0.29, 0.717) is 11.5 Å². The molecule has 9 heteroatoms. The number of hydrogen-bond donors (Lipinski definition) is 1. The summed E-state index contributed by atoms with van der Waals surface area (Å²) in [5, 5.41) is 10.6. The van der Waals surface area contributed by atoms with E-state index in [1.165, 1.54) is 0 Å². The van der Waals surface area contributed by atoms with Crippen LogP contribution in [0.1, 0.15) is 11.5 Å². The quantitative estimate of drug-likeness (QED) is 0.602. The van der Waals surface area contributed by atoms with Crippen LogP contribution in [-0.2, 0) is 6.54 Å². The van der Waals surface area contributed by atoms with E-state index in [0.717, 1.165) is 17.0 Å². The third-order valence-electron chi connectivity index (χ3n) is 2.28. The van der Waals surface area contributed by atoms with Crippen LogP contribution in [0.4, 0.5) is 11.5 Å². The van der Waals surface area contributed by atoms with Crippen LogP contribution in [0, 0.1) is 17.0 Å². The van der Waals surface area contributed by atoms with E-state index in [4.69, 9.17) is 5.73 Å². The largest absolute Gasteiger partial charge is 0.384 e. The van der Waals surface area contributed by atoms with Crippen LogP contribution in [0.5, 0.6) is 0 Å². The van der Waals surface area contributed by atoms with Crippen molar-refractivity contribution in [3.8, 4) is 0 Å². The van der Waals surface area contributed by atoms with Gasteiger partial charge in [0.25, 0.3) is 0 Å². The van der Waals surface area contributed by atoms with Gasteiger partial charge in [0.2, 0.25) is 0 Å². The first kappa shape index (κ1) is 12.6. The Hall–Kier alpha value is -2.84. The van der Waals surface area contributed by atoms with Crippen molar-refractivity contribution >= 4 is 11.5 Å². The lowest BCUT2D eigenvalue weighted by Crippen LogP contribution is -2.24. The van der Waals surface area contributed by atoms with Crippen molar-refractivity contribution in [1.29, 1.82) is 0 Å². The molecule has 0 unspecified atom stereocenters. The number of aromatic nitrogens is 4. The molecule has 0 aliphatic rings. The first-order chi connectivity index (χ1) is 8.95. The summed E-state index contributed by atoms with van der Waals surface area (Å²) < 4.78 is 1.06. The number of nitrogens with zero attached hydrogens (tertiary/aromatic N) is 5. The molecule has 0 aliphatic heterocycles. The molecule has 0 spiro atoms. The standard InChI is InChI=1S/C10H10N6O3/c1-6-2-8(11)14-9(13-6)5-15-4-7(16(18)19)3-12-10(15)17/h2-4H,5H2,1H3,(H2,11,13,14). The number of hydrogen-bond acceptors (Lipinski definition) is 7. The molecule has 9 nitrogen and oxygen atoms in total. The molecule has 0 saturated carbocycles. The zero-order valence-corrected chi connectivity index (χ0v) is 9.98. The van der Waals surface area contributed by atoms with Gasteiger partial charge in [-0.25, -0.2) is 14.8 Å². The second kappa shape index (κ2) is 4.80. The fourth-order valence-electron chi connectivity index (χ4n) is 1.53. The zero-order valence-electron chi connectivity index (χ0n) is 9.98. The summed E-state index contributed by atoms with van der Waals surface area (Å²) in [5.74, 6) is 0.566. The monoisotopic (exact) mass is 262 g/mol. The van der Waals surface area contributed by atoms with Gasteiger partial charge in [0.15, 0.2) is 5.82 Å². The van der Waals surface area contributed by atoms with E-state index in [1.807, 2.05) is 0 Å². The summed E-state index contributed by atoms with van der Waals surface area (Å²) in [5.41, 5.74) is 5.32. The van der Waals surface area contributed by atoms with Crippen LogP contribution in [0.2, 0.25) is 0 Å². The van der Waals surface area contributed by atoms with E-state index >= 15 is 0 Å². The van der Waals surface area contributed by atoms with Crippen molar-refractivity contribution < 1.29 is 4.92 Å². The van der Waals surface area contributed by atoms with Crippen molar-refractivity contribution in [2.24, 2.45) is 0 Å². The Bertz CT molecular complexity index is 676. The number of nitrogens with two attached hydrogens (primary N) is 1. The fourth-order valence-corrected chi connectivity index (χ4v) is 1.53. The van der Waals surface area contributed by atoms with Crippen LogP contribution in [0.25, 0.3) is 0 Å². The minimum Gasteiger partial charge on any atom is -0.384 e. The highest BCUT2D eigenvalue weighted by atomic mass is 16.6. The molecule has 0 aromatic carbocycles. The van der Waals surface area contributed by atoms with E-state index in [2.05, 4.69) is 15.0 Å². The van der Waals surface area contributed by atoms with Crippen LogP contribution >= 0.6 is 0 Å². The summed E-state index contributed by atoms with van der Waals surface area (Å²) in [6.45, 7) is 1.70. The van der Waals surface area contributed by atoms with Gasteiger partial charge < -0.3 is 5.73 Å². The van der Waals surface area contributed by atoms with Gasteiger partial charge in [0.05, 0.1) is 17.7 Å². The Labute approximate surface area is 106 Å². The Morgan fingerprint density at radius 3 is 2.84 bits per heavy atom. The maximum Gasteiger partial charge on any atom is 0.348 e. The Morgan fingerprint density at radius 2 is 2.21 bits per heavy atom. The highest BCUT2D eigenvalue weighted by Gasteiger charge is 2.10. The molecule has 2 rings (SSSR count). The predicted octanol–water partition coefficient (Wildman–Crippen LogP) is -0.120. The Kier molecular flexibility index (Phi) is 3.19. The van der Waals surface area contributed by atoms with E-state index in [-0.39, 0.29) is 18.1 Å². The van der Waals surface area contributed by atoms with E-state index in [9.17, 15) is 14.9 Å². The molecule has 0 aliphatic carbocycles. The van der Waals surface area contributed by atoms with Gasteiger partial charge in [-0.1, -0.05) is 0 Å². The van der Waals surface area contributed by atoms with Crippen molar-refractivity contribution in [3.05, 3.63) is 50.6 Å². The lowest BCUT2D eigenvalue weighted by Gasteiger charge is -2.05. The van der Waals surface area contributed by atoms with Gasteiger partial charge in [0.1, 0.15) is 12.0 Å². The first-order valence-corrected chi connectivity index (χ1v) is 5.26. The molecule has 0 saturated heterocycles. The van der Waals surface area contributed by atoms with Crippen LogP contribution < -0.4 is 11.4 Å². The van der Waals surface area contributed by atoms with E-state index in [1.54, 1.807) is 13.0 Å². The summed E-state index contributed by atoms with van der Waals surface area (Å²) in [6.07, 6.45) is 2.00. The van der Waals surface area contributed by atoms with Crippen LogP contribution in [0.3, 0.4) is 0 Å². The highest BCUT2D eigenvalue weighted by Crippen LogP contribution is 2.07. The molecule has 0 radical (unpaired) electrons. The summed E-state index contributed by atoms with van der Waals surface area (Å²) in [4.78, 5) is 33.0. The number of nitrogen functional groups attached to an aromatic ring is 1. The smallest absolute Gasteiger partial charge is 0.348 e. The van der Waals surface area contributed by atoms with Crippen LogP contribution in [-0.4, -0.2) is 24.4 Å². The molecule has 2 N–H and O–H groups in total. The normalized spacial score (nSPS) is 10.4. The molecule has 19 heavy (non-hydrogen) atoms. The molecule has 0 fully saturated rings. The number of anilines is 1. The Morgan fingerprint density at radius 1 is 1.47 bits per heavy atom. The summed E-state index contributed by atoms with van der Waals surface area (Å²) in [6, 6.07) is 1.58. The molecule has 0 bridgehead atoms. The molecule has 98 valence electrons. The number of aryl methyl sites for hydroxylation is 1. The van der Waals surface area contributed by atoms with Gasteiger partial charge in [-0.05, 0) is 6.92 Å². The van der Waals surface area contributed by atoms with Crippen molar-refractivity contribution in [2.45, 2.75) is 13.5 Å². The number of rotatable bonds is 3.